The van der Waals surface area contributed by atoms with Crippen LogP contribution in [0, 0.1) is 20.8 Å². The summed E-state index contributed by atoms with van der Waals surface area (Å²) in [5.74, 6) is 0.0931. The van der Waals surface area contributed by atoms with E-state index in [-0.39, 0.29) is 11.5 Å². The summed E-state index contributed by atoms with van der Waals surface area (Å²) in [6.07, 6.45) is 2.42. The number of fused-ring (bicyclic) bond motifs is 2. The van der Waals surface area contributed by atoms with Crippen LogP contribution in [0.2, 0.25) is 0 Å². The van der Waals surface area contributed by atoms with E-state index in [0.29, 0.717) is 37.1 Å². The predicted molar refractivity (Wildman–Crippen MR) is 133 cm³/mol. The SMILES string of the molecule is Cc1coc2c(C)c3oc(=O)c(CCC(=O)N4CCN(Cc5ccccc5)CC4)c(C)c3cc12. The molecule has 34 heavy (non-hydrogen) atoms. The predicted octanol–water partition coefficient (Wildman–Crippen LogP) is 4.74. The summed E-state index contributed by atoms with van der Waals surface area (Å²) in [6.45, 7) is 9.92. The lowest BCUT2D eigenvalue weighted by atomic mass is 9.98. The molecule has 176 valence electrons. The fraction of sp³-hybridized carbons (Fsp3) is 0.357. The second-order valence-electron chi connectivity index (χ2n) is 9.31. The van der Waals surface area contributed by atoms with Crippen molar-refractivity contribution in [3.63, 3.8) is 0 Å². The molecule has 0 atom stereocenters. The molecule has 0 bridgehead atoms. The zero-order chi connectivity index (χ0) is 23.8. The monoisotopic (exact) mass is 458 g/mol. The maximum absolute atomic E-state index is 12.9. The Morgan fingerprint density at radius 1 is 0.941 bits per heavy atom. The summed E-state index contributed by atoms with van der Waals surface area (Å²) in [5, 5.41) is 1.93. The Kier molecular flexibility index (Phi) is 6.00. The molecule has 6 heteroatoms. The van der Waals surface area contributed by atoms with Crippen LogP contribution in [0.15, 0.2) is 56.3 Å². The fourth-order valence-electron chi connectivity index (χ4n) is 4.99. The van der Waals surface area contributed by atoms with Gasteiger partial charge in [0.05, 0.1) is 6.26 Å². The molecule has 0 radical (unpaired) electrons. The highest BCUT2D eigenvalue weighted by molar-refractivity contribution is 5.99. The molecule has 2 aromatic carbocycles. The first-order chi connectivity index (χ1) is 16.4. The number of nitrogens with zero attached hydrogens (tertiary/aromatic N) is 2. The van der Waals surface area contributed by atoms with Crippen molar-refractivity contribution in [3.8, 4) is 0 Å². The van der Waals surface area contributed by atoms with Gasteiger partial charge < -0.3 is 13.7 Å². The van der Waals surface area contributed by atoms with Gasteiger partial charge in [-0.05, 0) is 49.9 Å². The van der Waals surface area contributed by atoms with Gasteiger partial charge in [-0.25, -0.2) is 4.79 Å². The summed E-state index contributed by atoms with van der Waals surface area (Å²) in [5.41, 5.74) is 5.59. The van der Waals surface area contributed by atoms with Crippen molar-refractivity contribution in [2.24, 2.45) is 0 Å². The largest absolute Gasteiger partial charge is 0.464 e. The number of furan rings is 1. The molecule has 2 aromatic heterocycles. The zero-order valence-corrected chi connectivity index (χ0v) is 20.0. The summed E-state index contributed by atoms with van der Waals surface area (Å²) in [6, 6.07) is 12.4. The van der Waals surface area contributed by atoms with Gasteiger partial charge in [-0.3, -0.25) is 9.69 Å². The Bertz CT molecular complexity index is 1410. The third-order valence-electron chi connectivity index (χ3n) is 7.10. The van der Waals surface area contributed by atoms with Gasteiger partial charge >= 0.3 is 5.63 Å². The first-order valence-electron chi connectivity index (χ1n) is 11.9. The summed E-state index contributed by atoms with van der Waals surface area (Å²) < 4.78 is 11.4. The maximum atomic E-state index is 12.9. The highest BCUT2D eigenvalue weighted by Crippen LogP contribution is 2.32. The van der Waals surface area contributed by atoms with Crippen molar-refractivity contribution < 1.29 is 13.6 Å². The number of rotatable bonds is 5. The minimum absolute atomic E-state index is 0.0931. The third-order valence-corrected chi connectivity index (χ3v) is 7.10. The summed E-state index contributed by atoms with van der Waals surface area (Å²) >= 11 is 0. The van der Waals surface area contributed by atoms with E-state index in [2.05, 4.69) is 29.2 Å². The Balaban J connectivity index is 1.27. The fourth-order valence-corrected chi connectivity index (χ4v) is 4.99. The molecule has 0 N–H and O–H groups in total. The lowest BCUT2D eigenvalue weighted by Gasteiger charge is -2.34. The quantitative estimate of drug-likeness (QED) is 0.404. The lowest BCUT2D eigenvalue weighted by molar-refractivity contribution is -0.133. The average molecular weight is 459 g/mol. The highest BCUT2D eigenvalue weighted by atomic mass is 16.4. The first-order valence-corrected chi connectivity index (χ1v) is 11.9. The molecule has 0 spiro atoms. The van der Waals surface area contributed by atoms with Crippen LogP contribution in [0.3, 0.4) is 0 Å². The number of benzene rings is 2. The molecular formula is C28H30N2O4. The molecule has 0 aliphatic carbocycles. The molecule has 1 aliphatic rings. The average Bonchev–Trinajstić information content (AvgIpc) is 3.22. The lowest BCUT2D eigenvalue weighted by Crippen LogP contribution is -2.48. The van der Waals surface area contributed by atoms with Crippen LogP contribution in [0.1, 0.15) is 34.2 Å². The molecule has 5 rings (SSSR count). The van der Waals surface area contributed by atoms with E-state index in [1.807, 2.05) is 37.8 Å². The smallest absolute Gasteiger partial charge is 0.339 e. The summed E-state index contributed by atoms with van der Waals surface area (Å²) in [7, 11) is 0. The molecule has 1 saturated heterocycles. The number of aryl methyl sites for hydroxylation is 3. The number of carbonyl (C=O) groups is 1. The van der Waals surface area contributed by atoms with Gasteiger partial charge in [-0.1, -0.05) is 30.3 Å². The van der Waals surface area contributed by atoms with Crippen molar-refractivity contribution >= 4 is 27.8 Å². The van der Waals surface area contributed by atoms with Crippen molar-refractivity contribution in [3.05, 3.63) is 80.9 Å². The van der Waals surface area contributed by atoms with Crippen LogP contribution in [-0.2, 0) is 17.8 Å². The molecule has 0 saturated carbocycles. The van der Waals surface area contributed by atoms with Gasteiger partial charge in [-0.15, -0.1) is 0 Å². The van der Waals surface area contributed by atoms with Gasteiger partial charge in [0.15, 0.2) is 0 Å². The Labute approximate surface area is 198 Å². The molecule has 0 unspecified atom stereocenters. The number of hydrogen-bond donors (Lipinski definition) is 0. The van der Waals surface area contributed by atoms with Gasteiger partial charge in [0.1, 0.15) is 11.2 Å². The van der Waals surface area contributed by atoms with Crippen LogP contribution in [0.4, 0.5) is 0 Å². The number of carbonyl (C=O) groups excluding carboxylic acids is 1. The van der Waals surface area contributed by atoms with E-state index in [1.54, 1.807) is 6.26 Å². The van der Waals surface area contributed by atoms with Crippen LogP contribution in [0.25, 0.3) is 21.9 Å². The first kappa shape index (κ1) is 22.4. The minimum atomic E-state index is -0.365. The standard InChI is InChI=1S/C28H30N2O4/c1-18-17-33-26-20(3)27-24(15-23(18)26)19(2)22(28(32)34-27)9-10-25(31)30-13-11-29(12-14-30)16-21-7-5-4-6-8-21/h4-8,15,17H,9-14,16H2,1-3H3. The maximum Gasteiger partial charge on any atom is 0.339 e. The van der Waals surface area contributed by atoms with Crippen molar-refractivity contribution in [2.45, 2.75) is 40.2 Å². The normalized spacial score (nSPS) is 14.9. The van der Waals surface area contributed by atoms with E-state index in [4.69, 9.17) is 8.83 Å². The van der Waals surface area contributed by atoms with Crippen LogP contribution < -0.4 is 5.63 Å². The zero-order valence-electron chi connectivity index (χ0n) is 20.0. The van der Waals surface area contributed by atoms with Crippen molar-refractivity contribution in [1.29, 1.82) is 0 Å². The van der Waals surface area contributed by atoms with E-state index < -0.39 is 0 Å². The van der Waals surface area contributed by atoms with E-state index in [1.165, 1.54) is 5.56 Å². The van der Waals surface area contributed by atoms with E-state index >= 15 is 0 Å². The van der Waals surface area contributed by atoms with Crippen molar-refractivity contribution in [2.75, 3.05) is 26.2 Å². The van der Waals surface area contributed by atoms with Crippen LogP contribution in [0.5, 0.6) is 0 Å². The topological polar surface area (TPSA) is 66.9 Å². The molecular weight excluding hydrogens is 428 g/mol. The third kappa shape index (κ3) is 4.14. The Morgan fingerprint density at radius 2 is 1.68 bits per heavy atom. The molecule has 3 heterocycles. The number of hydrogen-bond acceptors (Lipinski definition) is 5. The molecule has 4 aromatic rings. The van der Waals surface area contributed by atoms with E-state index in [0.717, 1.165) is 52.7 Å². The van der Waals surface area contributed by atoms with Crippen molar-refractivity contribution in [1.82, 2.24) is 9.80 Å². The van der Waals surface area contributed by atoms with Gasteiger partial charge in [0.25, 0.3) is 0 Å². The molecule has 6 nitrogen and oxygen atoms in total. The van der Waals surface area contributed by atoms with Gasteiger partial charge in [0, 0.05) is 61.0 Å². The number of amides is 1. The minimum Gasteiger partial charge on any atom is -0.464 e. The molecule has 1 amide bonds. The Hall–Kier alpha value is -3.38. The number of piperazine rings is 1. The molecule has 1 fully saturated rings. The van der Waals surface area contributed by atoms with Crippen LogP contribution >= 0.6 is 0 Å². The van der Waals surface area contributed by atoms with Gasteiger partial charge in [0.2, 0.25) is 5.91 Å². The van der Waals surface area contributed by atoms with E-state index in [9.17, 15) is 9.59 Å². The Morgan fingerprint density at radius 3 is 2.41 bits per heavy atom. The van der Waals surface area contributed by atoms with Crippen LogP contribution in [-0.4, -0.2) is 41.9 Å². The summed E-state index contributed by atoms with van der Waals surface area (Å²) in [4.78, 5) is 30.0. The van der Waals surface area contributed by atoms with Gasteiger partial charge in [-0.2, -0.15) is 0 Å². The second kappa shape index (κ2) is 9.11. The highest BCUT2D eigenvalue weighted by Gasteiger charge is 2.23. The second-order valence-corrected chi connectivity index (χ2v) is 9.31. The molecule has 1 aliphatic heterocycles.